The maximum Gasteiger partial charge on any atom is 0.240 e. The van der Waals surface area contributed by atoms with Gasteiger partial charge in [-0.15, -0.1) is 0 Å². The number of thioether (sulfide) groups is 1. The van der Waals surface area contributed by atoms with Crippen LogP contribution in [0.25, 0.3) is 0 Å². The molecule has 1 aromatic heterocycles. The first-order valence-corrected chi connectivity index (χ1v) is 7.69. The van der Waals surface area contributed by atoms with E-state index < -0.39 is 0 Å². The number of amides is 1. The minimum absolute atomic E-state index is 0.0583. The van der Waals surface area contributed by atoms with Gasteiger partial charge in [-0.3, -0.25) is 4.79 Å². The molecule has 2 rings (SSSR count). The van der Waals surface area contributed by atoms with Crippen LogP contribution in [0.1, 0.15) is 25.0 Å². The Labute approximate surface area is 112 Å². The third kappa shape index (κ3) is 3.53. The molecule has 1 aliphatic rings. The van der Waals surface area contributed by atoms with Gasteiger partial charge in [0.15, 0.2) is 0 Å². The summed E-state index contributed by atoms with van der Waals surface area (Å²) >= 11 is 1.72. The van der Waals surface area contributed by atoms with Crippen LogP contribution in [0.2, 0.25) is 0 Å². The molecule has 1 atom stereocenters. The van der Waals surface area contributed by atoms with Crippen LogP contribution in [0.15, 0.2) is 22.8 Å². The van der Waals surface area contributed by atoms with Crippen LogP contribution in [-0.2, 0) is 11.3 Å². The molecule has 18 heavy (non-hydrogen) atoms. The molecule has 0 aliphatic heterocycles. The highest BCUT2D eigenvalue weighted by atomic mass is 32.2. The van der Waals surface area contributed by atoms with Crippen molar-refractivity contribution in [3.63, 3.8) is 0 Å². The average Bonchev–Trinajstić information content (AvgIpc) is 3.09. The second kappa shape index (κ2) is 6.29. The van der Waals surface area contributed by atoms with E-state index in [0.29, 0.717) is 12.6 Å². The molecule has 0 saturated heterocycles. The van der Waals surface area contributed by atoms with Crippen molar-refractivity contribution in [3.05, 3.63) is 24.2 Å². The first-order valence-electron chi connectivity index (χ1n) is 6.29. The SMILES string of the molecule is CSCC[C@@H](N)C(=O)N(Cc1ccco1)C1CC1. The van der Waals surface area contributed by atoms with Crippen LogP contribution in [-0.4, -0.2) is 34.9 Å². The minimum atomic E-state index is -0.381. The van der Waals surface area contributed by atoms with E-state index in [1.54, 1.807) is 18.0 Å². The number of furan rings is 1. The van der Waals surface area contributed by atoms with Crippen LogP contribution < -0.4 is 5.73 Å². The number of hydrogen-bond donors (Lipinski definition) is 1. The van der Waals surface area contributed by atoms with E-state index in [9.17, 15) is 4.79 Å². The highest BCUT2D eigenvalue weighted by Crippen LogP contribution is 2.29. The van der Waals surface area contributed by atoms with E-state index >= 15 is 0 Å². The van der Waals surface area contributed by atoms with Crippen molar-refractivity contribution in [2.45, 2.75) is 37.9 Å². The first kappa shape index (κ1) is 13.5. The Kier molecular flexibility index (Phi) is 4.72. The molecule has 5 heteroatoms. The molecule has 0 unspecified atom stereocenters. The molecule has 100 valence electrons. The Morgan fingerprint density at radius 1 is 1.67 bits per heavy atom. The Morgan fingerprint density at radius 2 is 2.44 bits per heavy atom. The molecule has 0 spiro atoms. The number of nitrogens with two attached hydrogens (primary N) is 1. The van der Waals surface area contributed by atoms with Crippen molar-refractivity contribution in [2.75, 3.05) is 12.0 Å². The molecule has 1 amide bonds. The van der Waals surface area contributed by atoms with Crippen LogP contribution in [0.5, 0.6) is 0 Å². The summed E-state index contributed by atoms with van der Waals surface area (Å²) in [4.78, 5) is 14.2. The van der Waals surface area contributed by atoms with Gasteiger partial charge in [-0.05, 0) is 43.4 Å². The quantitative estimate of drug-likeness (QED) is 0.820. The summed E-state index contributed by atoms with van der Waals surface area (Å²) in [6.07, 6.45) is 6.57. The van der Waals surface area contributed by atoms with Crippen molar-refractivity contribution in [3.8, 4) is 0 Å². The van der Waals surface area contributed by atoms with E-state index in [-0.39, 0.29) is 11.9 Å². The van der Waals surface area contributed by atoms with E-state index in [0.717, 1.165) is 30.8 Å². The second-order valence-electron chi connectivity index (χ2n) is 4.66. The van der Waals surface area contributed by atoms with Crippen molar-refractivity contribution < 1.29 is 9.21 Å². The van der Waals surface area contributed by atoms with Crippen molar-refractivity contribution in [1.82, 2.24) is 4.90 Å². The molecule has 1 saturated carbocycles. The minimum Gasteiger partial charge on any atom is -0.467 e. The van der Waals surface area contributed by atoms with Crippen LogP contribution in [0, 0.1) is 0 Å². The maximum absolute atomic E-state index is 12.3. The molecule has 1 aliphatic carbocycles. The van der Waals surface area contributed by atoms with Crippen molar-refractivity contribution in [1.29, 1.82) is 0 Å². The lowest BCUT2D eigenvalue weighted by atomic mass is 10.2. The second-order valence-corrected chi connectivity index (χ2v) is 5.65. The van der Waals surface area contributed by atoms with Gasteiger partial charge >= 0.3 is 0 Å². The molecule has 0 radical (unpaired) electrons. The lowest BCUT2D eigenvalue weighted by Gasteiger charge is -2.24. The van der Waals surface area contributed by atoms with Crippen LogP contribution in [0.4, 0.5) is 0 Å². The van der Waals surface area contributed by atoms with E-state index in [1.807, 2.05) is 23.3 Å². The summed E-state index contributed by atoms with van der Waals surface area (Å²) in [6.45, 7) is 0.545. The standard InChI is InChI=1S/C13H20N2O2S/c1-18-8-6-12(14)13(16)15(10-4-5-10)9-11-3-2-7-17-11/h2-3,7,10,12H,4-6,8-9,14H2,1H3/t12-/m1/s1. The Balaban J connectivity index is 1.94. The molecule has 0 bridgehead atoms. The van der Waals surface area contributed by atoms with E-state index in [1.165, 1.54) is 0 Å². The molecule has 0 aromatic carbocycles. The fourth-order valence-corrected chi connectivity index (χ4v) is 2.41. The van der Waals surface area contributed by atoms with Crippen molar-refractivity contribution >= 4 is 17.7 Å². The van der Waals surface area contributed by atoms with Crippen LogP contribution in [0.3, 0.4) is 0 Å². The van der Waals surface area contributed by atoms with Gasteiger partial charge in [-0.2, -0.15) is 11.8 Å². The zero-order valence-electron chi connectivity index (χ0n) is 10.7. The number of carbonyl (C=O) groups excluding carboxylic acids is 1. The van der Waals surface area contributed by atoms with Crippen LogP contribution >= 0.6 is 11.8 Å². The summed E-state index contributed by atoms with van der Waals surface area (Å²) in [5.41, 5.74) is 5.96. The third-order valence-corrected chi connectivity index (χ3v) is 3.77. The van der Waals surface area contributed by atoms with Crippen molar-refractivity contribution in [2.24, 2.45) is 5.73 Å². The predicted molar refractivity (Wildman–Crippen MR) is 73.3 cm³/mol. The number of carbonyl (C=O) groups is 1. The molecular weight excluding hydrogens is 248 g/mol. The molecule has 1 aromatic rings. The molecular formula is C13H20N2O2S. The topological polar surface area (TPSA) is 59.5 Å². The summed E-state index contributed by atoms with van der Waals surface area (Å²) < 4.78 is 5.31. The highest BCUT2D eigenvalue weighted by molar-refractivity contribution is 7.98. The number of rotatable bonds is 7. The molecule has 1 heterocycles. The first-order chi connectivity index (χ1) is 8.72. The lowest BCUT2D eigenvalue weighted by Crippen LogP contribution is -2.44. The van der Waals surface area contributed by atoms with E-state index in [2.05, 4.69) is 0 Å². The largest absolute Gasteiger partial charge is 0.467 e. The van der Waals surface area contributed by atoms with Gasteiger partial charge in [0, 0.05) is 6.04 Å². The lowest BCUT2D eigenvalue weighted by molar-refractivity contribution is -0.134. The van der Waals surface area contributed by atoms with E-state index in [4.69, 9.17) is 10.2 Å². The smallest absolute Gasteiger partial charge is 0.240 e. The Morgan fingerprint density at radius 3 is 3.00 bits per heavy atom. The fraction of sp³-hybridized carbons (Fsp3) is 0.615. The van der Waals surface area contributed by atoms with Gasteiger partial charge in [0.05, 0.1) is 18.8 Å². The van der Waals surface area contributed by atoms with Gasteiger partial charge in [-0.1, -0.05) is 0 Å². The third-order valence-electron chi connectivity index (χ3n) is 3.13. The maximum atomic E-state index is 12.3. The van der Waals surface area contributed by atoms with Gasteiger partial charge in [0.25, 0.3) is 0 Å². The normalized spacial score (nSPS) is 16.6. The van der Waals surface area contributed by atoms with Gasteiger partial charge in [0.1, 0.15) is 5.76 Å². The average molecular weight is 268 g/mol. The molecule has 1 fully saturated rings. The Hall–Kier alpha value is -0.940. The summed E-state index contributed by atoms with van der Waals surface area (Å²) in [5.74, 6) is 1.81. The predicted octanol–water partition coefficient (Wildman–Crippen LogP) is 1.85. The zero-order chi connectivity index (χ0) is 13.0. The van der Waals surface area contributed by atoms with Gasteiger partial charge < -0.3 is 15.1 Å². The van der Waals surface area contributed by atoms with Gasteiger partial charge in [0.2, 0.25) is 5.91 Å². The molecule has 2 N–H and O–H groups in total. The number of nitrogens with zero attached hydrogens (tertiary/aromatic N) is 1. The molecule has 4 nitrogen and oxygen atoms in total. The highest BCUT2D eigenvalue weighted by Gasteiger charge is 2.35. The zero-order valence-corrected chi connectivity index (χ0v) is 11.5. The monoisotopic (exact) mass is 268 g/mol. The Bertz CT molecular complexity index is 376. The summed E-state index contributed by atoms with van der Waals surface area (Å²) in [7, 11) is 0. The summed E-state index contributed by atoms with van der Waals surface area (Å²) in [6, 6.07) is 3.73. The summed E-state index contributed by atoms with van der Waals surface area (Å²) in [5, 5.41) is 0. The van der Waals surface area contributed by atoms with Gasteiger partial charge in [-0.25, -0.2) is 0 Å². The number of hydrogen-bond acceptors (Lipinski definition) is 4. The fourth-order valence-electron chi connectivity index (χ4n) is 1.92.